The van der Waals surface area contributed by atoms with E-state index >= 15 is 0 Å². The maximum atomic E-state index is 12.4. The predicted molar refractivity (Wildman–Crippen MR) is 78.9 cm³/mol. The van der Waals surface area contributed by atoms with Gasteiger partial charge >= 0.3 is 0 Å². The number of carbonyl (C=O) groups is 2. The molecule has 1 aromatic heterocycles. The summed E-state index contributed by atoms with van der Waals surface area (Å²) in [5.74, 6) is -0.0351. The van der Waals surface area contributed by atoms with Crippen molar-refractivity contribution in [2.24, 2.45) is 0 Å². The van der Waals surface area contributed by atoms with Gasteiger partial charge in [0.1, 0.15) is 12.1 Å². The Labute approximate surface area is 125 Å². The molecule has 0 bridgehead atoms. The van der Waals surface area contributed by atoms with Crippen LogP contribution in [0.2, 0.25) is 0 Å². The second-order valence-corrected chi connectivity index (χ2v) is 6.63. The molecule has 1 N–H and O–H groups in total. The lowest BCUT2D eigenvalue weighted by Gasteiger charge is -2.37. The Kier molecular flexibility index (Phi) is 4.62. The lowest BCUT2D eigenvalue weighted by molar-refractivity contribution is -0.149. The Morgan fingerprint density at radius 1 is 1.47 bits per heavy atom. The molecule has 2 unspecified atom stereocenters. The predicted octanol–water partition coefficient (Wildman–Crippen LogP) is 2.53. The molecule has 1 aliphatic heterocycles. The quantitative estimate of drug-likeness (QED) is 0.912. The first-order valence-electron chi connectivity index (χ1n) is 6.36. The number of carbonyl (C=O) groups excluding carboxylic acids is 2. The van der Waals surface area contributed by atoms with Gasteiger partial charge in [-0.3, -0.25) is 9.59 Å². The summed E-state index contributed by atoms with van der Waals surface area (Å²) in [4.78, 5) is 27.1. The van der Waals surface area contributed by atoms with Gasteiger partial charge in [-0.15, -0.1) is 11.3 Å². The highest BCUT2D eigenvalue weighted by atomic mass is 79.9. The SMILES string of the molecule is CCCC1NC(=O)C(C)N(Cc2cc(Br)cs2)C1=O. The van der Waals surface area contributed by atoms with Gasteiger partial charge in [0.25, 0.3) is 0 Å². The van der Waals surface area contributed by atoms with Gasteiger partial charge in [0.05, 0.1) is 6.54 Å². The molecule has 19 heavy (non-hydrogen) atoms. The minimum Gasteiger partial charge on any atom is -0.343 e. The van der Waals surface area contributed by atoms with E-state index in [9.17, 15) is 9.59 Å². The topological polar surface area (TPSA) is 49.4 Å². The lowest BCUT2D eigenvalue weighted by Crippen LogP contribution is -2.61. The van der Waals surface area contributed by atoms with Crippen LogP contribution >= 0.6 is 27.3 Å². The summed E-state index contributed by atoms with van der Waals surface area (Å²) >= 11 is 4.99. The van der Waals surface area contributed by atoms with E-state index in [1.807, 2.05) is 18.4 Å². The first-order chi connectivity index (χ1) is 9.02. The minimum atomic E-state index is -0.401. The number of hydrogen-bond donors (Lipinski definition) is 1. The van der Waals surface area contributed by atoms with Crippen molar-refractivity contribution < 1.29 is 9.59 Å². The van der Waals surface area contributed by atoms with E-state index in [-0.39, 0.29) is 17.9 Å². The summed E-state index contributed by atoms with van der Waals surface area (Å²) in [6.45, 7) is 4.29. The van der Waals surface area contributed by atoms with Crippen molar-refractivity contribution in [1.82, 2.24) is 10.2 Å². The van der Waals surface area contributed by atoms with Crippen LogP contribution in [0.25, 0.3) is 0 Å². The normalized spacial score (nSPS) is 23.6. The Morgan fingerprint density at radius 2 is 2.21 bits per heavy atom. The molecule has 1 aromatic rings. The summed E-state index contributed by atoms with van der Waals surface area (Å²) in [6.07, 6.45) is 1.57. The molecule has 2 amide bonds. The Hall–Kier alpha value is -0.880. The van der Waals surface area contributed by atoms with Crippen molar-refractivity contribution in [2.45, 2.75) is 45.3 Å². The van der Waals surface area contributed by atoms with E-state index in [0.717, 1.165) is 15.8 Å². The fourth-order valence-corrected chi connectivity index (χ4v) is 3.64. The zero-order valence-electron chi connectivity index (χ0n) is 11.0. The molecule has 2 rings (SSSR count). The van der Waals surface area contributed by atoms with E-state index in [4.69, 9.17) is 0 Å². The number of halogens is 1. The van der Waals surface area contributed by atoms with Gasteiger partial charge in [0.15, 0.2) is 0 Å². The van der Waals surface area contributed by atoms with Crippen molar-refractivity contribution in [3.05, 3.63) is 20.8 Å². The van der Waals surface area contributed by atoms with E-state index in [1.54, 1.807) is 23.2 Å². The molecule has 1 saturated heterocycles. The average Bonchev–Trinajstić information content (AvgIpc) is 2.77. The van der Waals surface area contributed by atoms with Gasteiger partial charge in [-0.25, -0.2) is 0 Å². The molecule has 1 fully saturated rings. The molecule has 0 radical (unpaired) electrons. The van der Waals surface area contributed by atoms with Crippen LogP contribution in [0, 0.1) is 0 Å². The first-order valence-corrected chi connectivity index (χ1v) is 8.04. The second kappa shape index (κ2) is 6.05. The van der Waals surface area contributed by atoms with Crippen LogP contribution < -0.4 is 5.32 Å². The van der Waals surface area contributed by atoms with Gasteiger partial charge in [-0.2, -0.15) is 0 Å². The molecular formula is C13H17BrN2O2S. The minimum absolute atomic E-state index is 0.0264. The highest BCUT2D eigenvalue weighted by Gasteiger charge is 2.37. The van der Waals surface area contributed by atoms with Crippen LogP contribution in [-0.4, -0.2) is 28.8 Å². The van der Waals surface area contributed by atoms with E-state index in [1.165, 1.54) is 0 Å². The number of nitrogens with zero attached hydrogens (tertiary/aromatic N) is 1. The largest absolute Gasteiger partial charge is 0.343 e. The molecule has 2 atom stereocenters. The third-order valence-electron chi connectivity index (χ3n) is 3.27. The molecule has 0 aliphatic carbocycles. The Morgan fingerprint density at radius 3 is 2.79 bits per heavy atom. The van der Waals surface area contributed by atoms with Gasteiger partial charge < -0.3 is 10.2 Å². The van der Waals surface area contributed by atoms with E-state index in [2.05, 4.69) is 21.2 Å². The zero-order valence-corrected chi connectivity index (χ0v) is 13.4. The zero-order chi connectivity index (χ0) is 14.0. The highest BCUT2D eigenvalue weighted by molar-refractivity contribution is 9.10. The fourth-order valence-electron chi connectivity index (χ4n) is 2.19. The van der Waals surface area contributed by atoms with Gasteiger partial charge in [0.2, 0.25) is 11.8 Å². The average molecular weight is 345 g/mol. The molecule has 1 aliphatic rings. The smallest absolute Gasteiger partial charge is 0.246 e. The monoisotopic (exact) mass is 344 g/mol. The highest BCUT2D eigenvalue weighted by Crippen LogP contribution is 2.23. The van der Waals surface area contributed by atoms with Gasteiger partial charge in [-0.1, -0.05) is 13.3 Å². The third-order valence-corrected chi connectivity index (χ3v) is 4.95. The molecular weight excluding hydrogens is 328 g/mol. The maximum absolute atomic E-state index is 12.4. The van der Waals surface area contributed by atoms with Gasteiger partial charge in [-0.05, 0) is 35.3 Å². The lowest BCUT2D eigenvalue weighted by atomic mass is 10.0. The van der Waals surface area contributed by atoms with Crippen molar-refractivity contribution >= 4 is 39.1 Å². The van der Waals surface area contributed by atoms with Crippen molar-refractivity contribution in [3.8, 4) is 0 Å². The van der Waals surface area contributed by atoms with Crippen LogP contribution in [0.4, 0.5) is 0 Å². The Bertz CT molecular complexity index is 489. The standard InChI is InChI=1S/C13H17BrN2O2S/c1-3-4-11-13(18)16(8(2)12(17)15-11)6-10-5-9(14)7-19-10/h5,7-8,11H,3-4,6H2,1-2H3,(H,15,17). The van der Waals surface area contributed by atoms with Crippen LogP contribution in [0.15, 0.2) is 15.9 Å². The van der Waals surface area contributed by atoms with Crippen LogP contribution in [0.3, 0.4) is 0 Å². The maximum Gasteiger partial charge on any atom is 0.246 e. The number of amides is 2. The summed E-state index contributed by atoms with van der Waals surface area (Å²) in [6, 6.07) is 1.23. The molecule has 0 aromatic carbocycles. The molecule has 2 heterocycles. The number of piperazine rings is 1. The molecule has 104 valence electrons. The number of hydrogen-bond acceptors (Lipinski definition) is 3. The first kappa shape index (κ1) is 14.5. The molecule has 6 heteroatoms. The molecule has 0 spiro atoms. The summed E-state index contributed by atoms with van der Waals surface area (Å²) in [7, 11) is 0. The van der Waals surface area contributed by atoms with Crippen LogP contribution in [0.1, 0.15) is 31.6 Å². The van der Waals surface area contributed by atoms with E-state index < -0.39 is 6.04 Å². The summed E-state index contributed by atoms with van der Waals surface area (Å²) < 4.78 is 1.01. The second-order valence-electron chi connectivity index (χ2n) is 4.72. The molecule has 4 nitrogen and oxygen atoms in total. The number of rotatable bonds is 4. The van der Waals surface area contributed by atoms with Crippen LogP contribution in [-0.2, 0) is 16.1 Å². The van der Waals surface area contributed by atoms with Crippen molar-refractivity contribution in [1.29, 1.82) is 0 Å². The Balaban J connectivity index is 2.15. The van der Waals surface area contributed by atoms with Crippen molar-refractivity contribution in [3.63, 3.8) is 0 Å². The summed E-state index contributed by atoms with van der Waals surface area (Å²) in [5.41, 5.74) is 0. The van der Waals surface area contributed by atoms with E-state index in [0.29, 0.717) is 13.0 Å². The third kappa shape index (κ3) is 3.17. The van der Waals surface area contributed by atoms with Gasteiger partial charge in [0, 0.05) is 14.7 Å². The number of thiophene rings is 1. The number of nitrogens with one attached hydrogen (secondary N) is 1. The van der Waals surface area contributed by atoms with Crippen LogP contribution in [0.5, 0.6) is 0 Å². The molecule has 0 saturated carbocycles. The fraction of sp³-hybridized carbons (Fsp3) is 0.538. The summed E-state index contributed by atoms with van der Waals surface area (Å²) in [5, 5.41) is 4.79. The van der Waals surface area contributed by atoms with Crippen molar-refractivity contribution in [2.75, 3.05) is 0 Å².